The predicted molar refractivity (Wildman–Crippen MR) is 72.8 cm³/mol. The van der Waals surface area contributed by atoms with Gasteiger partial charge in [0.1, 0.15) is 4.83 Å². The van der Waals surface area contributed by atoms with Crippen molar-refractivity contribution in [2.75, 3.05) is 5.73 Å². The van der Waals surface area contributed by atoms with Gasteiger partial charge in [0.15, 0.2) is 5.82 Å². The molecule has 0 unspecified atom stereocenters. The number of aromatic nitrogens is 3. The molecular weight excluding hydrogens is 256 g/mol. The number of rotatable bonds is 0. The van der Waals surface area contributed by atoms with E-state index in [1.807, 2.05) is 20.9 Å². The smallest absolute Gasteiger partial charge is 0.163 e. The van der Waals surface area contributed by atoms with Crippen molar-refractivity contribution in [2.24, 2.45) is 7.05 Å². The zero-order valence-corrected chi connectivity index (χ0v) is 11.3. The maximum absolute atomic E-state index is 6.25. The first kappa shape index (κ1) is 10.8. The zero-order valence-electron chi connectivity index (χ0n) is 9.71. The van der Waals surface area contributed by atoms with Crippen molar-refractivity contribution >= 4 is 49.2 Å². The minimum Gasteiger partial charge on any atom is -0.381 e. The van der Waals surface area contributed by atoms with Gasteiger partial charge in [0, 0.05) is 12.4 Å². The highest BCUT2D eigenvalue weighted by Gasteiger charge is 2.18. The molecule has 6 heteroatoms. The lowest BCUT2D eigenvalue weighted by atomic mass is 10.1. The number of nitrogens with two attached hydrogens (primary N) is 1. The standard InChI is InChI=1S/C11H11ClN4S/c1-4-6-8-9(10(13)15-16(8)3)17-11(6)14-5(2)7(4)12/h1-3H3,(H2,13,15). The van der Waals surface area contributed by atoms with Crippen LogP contribution in [0.2, 0.25) is 5.02 Å². The molecule has 3 aromatic rings. The lowest BCUT2D eigenvalue weighted by Crippen LogP contribution is -1.94. The van der Waals surface area contributed by atoms with Gasteiger partial charge >= 0.3 is 0 Å². The minimum absolute atomic E-state index is 0.554. The van der Waals surface area contributed by atoms with Gasteiger partial charge in [-0.2, -0.15) is 5.10 Å². The Morgan fingerprint density at radius 2 is 2.06 bits per heavy atom. The summed E-state index contributed by atoms with van der Waals surface area (Å²) in [5.74, 6) is 0.554. The van der Waals surface area contributed by atoms with Crippen LogP contribution >= 0.6 is 22.9 Å². The molecule has 0 aromatic carbocycles. The number of nitrogen functional groups attached to an aromatic ring is 1. The van der Waals surface area contributed by atoms with Crippen LogP contribution in [0.5, 0.6) is 0 Å². The summed E-state index contributed by atoms with van der Waals surface area (Å²) in [7, 11) is 1.89. The Morgan fingerprint density at radius 1 is 1.35 bits per heavy atom. The number of anilines is 1. The lowest BCUT2D eigenvalue weighted by molar-refractivity contribution is 0.804. The summed E-state index contributed by atoms with van der Waals surface area (Å²) in [5.41, 5.74) is 8.81. The first-order valence-corrected chi connectivity index (χ1v) is 6.37. The highest BCUT2D eigenvalue weighted by Crippen LogP contribution is 2.39. The number of halogens is 1. The Labute approximate surface area is 107 Å². The van der Waals surface area contributed by atoms with Crippen LogP contribution in [-0.4, -0.2) is 14.8 Å². The Hall–Kier alpha value is -1.33. The molecule has 0 amide bonds. The third kappa shape index (κ3) is 1.29. The second-order valence-corrected chi connectivity index (χ2v) is 5.48. The summed E-state index contributed by atoms with van der Waals surface area (Å²) in [6, 6.07) is 0. The average Bonchev–Trinajstić information content (AvgIpc) is 2.76. The van der Waals surface area contributed by atoms with Crippen LogP contribution in [0.15, 0.2) is 0 Å². The van der Waals surface area contributed by atoms with Gasteiger partial charge in [-0.05, 0) is 19.4 Å². The molecule has 0 saturated carbocycles. The number of hydrogen-bond donors (Lipinski definition) is 1. The van der Waals surface area contributed by atoms with Crippen molar-refractivity contribution in [3.8, 4) is 0 Å². The molecular formula is C11H11ClN4S. The Bertz CT molecular complexity index is 756. The van der Waals surface area contributed by atoms with E-state index in [0.717, 1.165) is 36.7 Å². The van der Waals surface area contributed by atoms with E-state index in [2.05, 4.69) is 10.1 Å². The highest BCUT2D eigenvalue weighted by molar-refractivity contribution is 7.26. The Morgan fingerprint density at radius 3 is 2.76 bits per heavy atom. The summed E-state index contributed by atoms with van der Waals surface area (Å²) in [4.78, 5) is 5.49. The van der Waals surface area contributed by atoms with Gasteiger partial charge < -0.3 is 5.73 Å². The normalized spacial score (nSPS) is 11.8. The number of pyridine rings is 1. The predicted octanol–water partition coefficient (Wildman–Crippen LogP) is 3.04. The molecule has 0 fully saturated rings. The number of thiophene rings is 1. The third-order valence-corrected chi connectivity index (χ3v) is 4.62. The van der Waals surface area contributed by atoms with E-state index in [0.29, 0.717) is 5.82 Å². The fraction of sp³-hybridized carbons (Fsp3) is 0.273. The number of hydrogen-bond acceptors (Lipinski definition) is 4. The first-order valence-electron chi connectivity index (χ1n) is 5.18. The van der Waals surface area contributed by atoms with E-state index in [4.69, 9.17) is 17.3 Å². The fourth-order valence-electron chi connectivity index (χ4n) is 2.15. The number of nitrogens with zero attached hydrogens (tertiary/aromatic N) is 3. The van der Waals surface area contributed by atoms with Gasteiger partial charge in [-0.25, -0.2) is 4.98 Å². The van der Waals surface area contributed by atoms with Gasteiger partial charge in [0.25, 0.3) is 0 Å². The largest absolute Gasteiger partial charge is 0.381 e. The van der Waals surface area contributed by atoms with Crippen molar-refractivity contribution in [1.82, 2.24) is 14.8 Å². The molecule has 0 aliphatic carbocycles. The van der Waals surface area contributed by atoms with Gasteiger partial charge in [-0.15, -0.1) is 11.3 Å². The molecule has 0 atom stereocenters. The van der Waals surface area contributed by atoms with Crippen LogP contribution in [0, 0.1) is 13.8 Å². The van der Waals surface area contributed by atoms with Crippen LogP contribution in [0.4, 0.5) is 5.82 Å². The van der Waals surface area contributed by atoms with Crippen LogP contribution in [-0.2, 0) is 7.05 Å². The topological polar surface area (TPSA) is 56.7 Å². The zero-order chi connectivity index (χ0) is 12.3. The molecule has 2 N–H and O–H groups in total. The number of aryl methyl sites for hydroxylation is 3. The van der Waals surface area contributed by atoms with Crippen LogP contribution in [0.1, 0.15) is 11.3 Å². The lowest BCUT2D eigenvalue weighted by Gasteiger charge is -2.03. The summed E-state index contributed by atoms with van der Waals surface area (Å²) in [6.07, 6.45) is 0. The molecule has 0 spiro atoms. The maximum atomic E-state index is 6.25. The second-order valence-electron chi connectivity index (χ2n) is 4.10. The van der Waals surface area contributed by atoms with Crippen molar-refractivity contribution in [3.63, 3.8) is 0 Å². The average molecular weight is 267 g/mol. The molecule has 3 heterocycles. The van der Waals surface area contributed by atoms with Crippen LogP contribution in [0.25, 0.3) is 20.4 Å². The monoisotopic (exact) mass is 266 g/mol. The molecule has 3 aromatic heterocycles. The quantitative estimate of drug-likeness (QED) is 0.680. The van der Waals surface area contributed by atoms with Crippen molar-refractivity contribution in [2.45, 2.75) is 13.8 Å². The fourth-order valence-corrected chi connectivity index (χ4v) is 3.49. The van der Waals surface area contributed by atoms with Gasteiger partial charge in [0.05, 0.1) is 20.9 Å². The second kappa shape index (κ2) is 3.34. The van der Waals surface area contributed by atoms with E-state index < -0.39 is 0 Å². The molecule has 4 nitrogen and oxygen atoms in total. The molecule has 0 aliphatic heterocycles. The third-order valence-electron chi connectivity index (χ3n) is 2.97. The Kier molecular flexibility index (Phi) is 2.12. The number of fused-ring (bicyclic) bond motifs is 3. The first-order chi connectivity index (χ1) is 8.00. The molecule has 0 saturated heterocycles. The molecule has 3 rings (SSSR count). The summed E-state index contributed by atoms with van der Waals surface area (Å²) in [5, 5.41) is 6.01. The minimum atomic E-state index is 0.554. The highest BCUT2D eigenvalue weighted by atomic mass is 35.5. The van der Waals surface area contributed by atoms with Crippen LogP contribution in [0.3, 0.4) is 0 Å². The van der Waals surface area contributed by atoms with Gasteiger partial charge in [-0.1, -0.05) is 11.6 Å². The molecule has 0 aliphatic rings. The van der Waals surface area contributed by atoms with Gasteiger partial charge in [0.2, 0.25) is 0 Å². The van der Waals surface area contributed by atoms with Crippen molar-refractivity contribution in [1.29, 1.82) is 0 Å². The maximum Gasteiger partial charge on any atom is 0.163 e. The van der Waals surface area contributed by atoms with Crippen molar-refractivity contribution in [3.05, 3.63) is 16.3 Å². The summed E-state index contributed by atoms with van der Waals surface area (Å²) >= 11 is 7.82. The van der Waals surface area contributed by atoms with Gasteiger partial charge in [-0.3, -0.25) is 4.68 Å². The van der Waals surface area contributed by atoms with E-state index >= 15 is 0 Å². The van der Waals surface area contributed by atoms with E-state index in [9.17, 15) is 0 Å². The van der Waals surface area contributed by atoms with E-state index in [-0.39, 0.29) is 0 Å². The van der Waals surface area contributed by atoms with Crippen molar-refractivity contribution < 1.29 is 0 Å². The van der Waals surface area contributed by atoms with E-state index in [1.54, 1.807) is 16.0 Å². The molecule has 0 radical (unpaired) electrons. The molecule has 88 valence electrons. The molecule has 0 bridgehead atoms. The Balaban J connectivity index is 2.64. The SMILES string of the molecule is Cc1nc2sc3c(N)nn(C)c3c2c(C)c1Cl. The molecule has 17 heavy (non-hydrogen) atoms. The summed E-state index contributed by atoms with van der Waals surface area (Å²) in [6.45, 7) is 3.93. The van der Waals surface area contributed by atoms with E-state index in [1.165, 1.54) is 0 Å². The van der Waals surface area contributed by atoms with Crippen LogP contribution < -0.4 is 5.73 Å². The summed E-state index contributed by atoms with van der Waals surface area (Å²) < 4.78 is 2.78.